The molecule has 0 aromatic heterocycles. The van der Waals surface area contributed by atoms with E-state index in [2.05, 4.69) is 41.8 Å². The molecule has 0 aliphatic carbocycles. The lowest BCUT2D eigenvalue weighted by Crippen LogP contribution is -2.42. The van der Waals surface area contributed by atoms with Gasteiger partial charge in [-0.3, -0.25) is 9.80 Å². The highest BCUT2D eigenvalue weighted by Crippen LogP contribution is 2.22. The monoisotopic (exact) mass is 393 g/mol. The highest BCUT2D eigenvalue weighted by Gasteiger charge is 2.18. The van der Waals surface area contributed by atoms with Gasteiger partial charge in [-0.25, -0.2) is 0 Å². The van der Waals surface area contributed by atoms with E-state index in [0.29, 0.717) is 12.1 Å². The van der Waals surface area contributed by atoms with E-state index >= 15 is 0 Å². The van der Waals surface area contributed by atoms with E-state index in [4.69, 9.17) is 21.1 Å². The number of rotatable bonds is 8. The van der Waals surface area contributed by atoms with Crippen LogP contribution in [-0.2, 0) is 22.3 Å². The van der Waals surface area contributed by atoms with Gasteiger partial charge in [0.2, 0.25) is 0 Å². The minimum absolute atomic E-state index is 0.565. The lowest BCUT2D eigenvalue weighted by Gasteiger charge is -2.32. The molecule has 2 heterocycles. The van der Waals surface area contributed by atoms with Crippen LogP contribution in [0.4, 0.5) is 0 Å². The number of aryl methyl sites for hydroxylation is 2. The normalized spacial score (nSPS) is 21.9. The van der Waals surface area contributed by atoms with Crippen molar-refractivity contribution in [2.24, 2.45) is 0 Å². The predicted molar refractivity (Wildman–Crippen MR) is 111 cm³/mol. The standard InChI is InChI=1S/C22H34ClN2O2/c1-18(24-9-13-26-14-10-24)3-5-20-6-8-22(23)21(17-20)7-4-19(2)25-11-15-27-16-12-25/h6,17-19H,3-5,7,9-16H2,1-2H3. The van der Waals surface area contributed by atoms with E-state index in [1.807, 2.05) is 0 Å². The van der Waals surface area contributed by atoms with Gasteiger partial charge in [-0.15, -0.1) is 0 Å². The third kappa shape index (κ3) is 6.43. The summed E-state index contributed by atoms with van der Waals surface area (Å²) in [5.41, 5.74) is 2.60. The first-order valence-electron chi connectivity index (χ1n) is 10.5. The van der Waals surface area contributed by atoms with Crippen molar-refractivity contribution >= 4 is 11.6 Å². The zero-order chi connectivity index (χ0) is 19.1. The Hall–Kier alpha value is -0.650. The van der Waals surface area contributed by atoms with Gasteiger partial charge in [0.15, 0.2) is 0 Å². The van der Waals surface area contributed by atoms with Gasteiger partial charge in [-0.1, -0.05) is 17.7 Å². The van der Waals surface area contributed by atoms with Crippen LogP contribution in [0.3, 0.4) is 0 Å². The first-order valence-corrected chi connectivity index (χ1v) is 10.8. The van der Waals surface area contributed by atoms with Crippen LogP contribution >= 0.6 is 11.6 Å². The van der Waals surface area contributed by atoms with Gasteiger partial charge in [0.25, 0.3) is 0 Å². The van der Waals surface area contributed by atoms with Crippen LogP contribution in [-0.4, -0.2) is 74.5 Å². The topological polar surface area (TPSA) is 24.9 Å². The molecule has 0 N–H and O–H groups in total. The molecule has 151 valence electrons. The lowest BCUT2D eigenvalue weighted by atomic mass is 9.99. The SMILES string of the molecule is CC(CCc1c[c]c(Cl)c(CCC(C)N2CCOCC2)c1)N1CCOCC1. The van der Waals surface area contributed by atoms with Crippen LogP contribution in [0, 0.1) is 6.07 Å². The molecule has 2 aliphatic heterocycles. The quantitative estimate of drug-likeness (QED) is 0.675. The molecule has 2 atom stereocenters. The van der Waals surface area contributed by atoms with Crippen molar-refractivity contribution in [3.05, 3.63) is 34.3 Å². The molecule has 1 aromatic rings. The molecule has 2 unspecified atom stereocenters. The van der Waals surface area contributed by atoms with Crippen molar-refractivity contribution in [1.29, 1.82) is 0 Å². The molecule has 2 fully saturated rings. The van der Waals surface area contributed by atoms with Gasteiger partial charge in [-0.2, -0.15) is 0 Å². The molecule has 1 aromatic carbocycles. The van der Waals surface area contributed by atoms with E-state index in [1.54, 1.807) is 0 Å². The van der Waals surface area contributed by atoms with Crippen LogP contribution in [0.5, 0.6) is 0 Å². The van der Waals surface area contributed by atoms with Gasteiger partial charge in [0, 0.05) is 44.3 Å². The summed E-state index contributed by atoms with van der Waals surface area (Å²) in [6.07, 6.45) is 4.39. The number of morpholine rings is 2. The molecule has 27 heavy (non-hydrogen) atoms. The zero-order valence-corrected chi connectivity index (χ0v) is 17.6. The molecule has 0 spiro atoms. The maximum atomic E-state index is 6.44. The molecule has 4 nitrogen and oxygen atoms in total. The molecule has 0 saturated carbocycles. The van der Waals surface area contributed by atoms with Crippen molar-refractivity contribution in [1.82, 2.24) is 9.80 Å². The lowest BCUT2D eigenvalue weighted by molar-refractivity contribution is 0.0187. The van der Waals surface area contributed by atoms with Gasteiger partial charge >= 0.3 is 0 Å². The maximum Gasteiger partial charge on any atom is 0.0594 e. The summed E-state index contributed by atoms with van der Waals surface area (Å²) < 4.78 is 10.9. The molecule has 2 aliphatic rings. The average Bonchev–Trinajstić information content (AvgIpc) is 2.73. The largest absolute Gasteiger partial charge is 0.379 e. The third-order valence-electron chi connectivity index (χ3n) is 6.05. The number of benzene rings is 1. The van der Waals surface area contributed by atoms with Crippen molar-refractivity contribution < 1.29 is 9.47 Å². The molecule has 0 amide bonds. The Labute approximate surface area is 169 Å². The van der Waals surface area contributed by atoms with Crippen molar-refractivity contribution in [2.75, 3.05) is 52.6 Å². The van der Waals surface area contributed by atoms with Gasteiger partial charge in [0.1, 0.15) is 0 Å². The summed E-state index contributed by atoms with van der Waals surface area (Å²) in [4.78, 5) is 5.06. The smallest absolute Gasteiger partial charge is 0.0594 e. The van der Waals surface area contributed by atoms with Crippen molar-refractivity contribution in [3.63, 3.8) is 0 Å². The van der Waals surface area contributed by atoms with Crippen LogP contribution in [0.1, 0.15) is 37.8 Å². The minimum Gasteiger partial charge on any atom is -0.379 e. The highest BCUT2D eigenvalue weighted by molar-refractivity contribution is 6.31. The Kier molecular flexibility index (Phi) is 8.41. The number of nitrogens with zero attached hydrogens (tertiary/aromatic N) is 2. The highest BCUT2D eigenvalue weighted by atomic mass is 35.5. The van der Waals surface area contributed by atoms with E-state index in [-0.39, 0.29) is 0 Å². The predicted octanol–water partition coefficient (Wildman–Crippen LogP) is 3.45. The Bertz CT molecular complexity index is 571. The molecule has 3 rings (SSSR count). The molecular formula is C22H34ClN2O2. The maximum absolute atomic E-state index is 6.44. The van der Waals surface area contributed by atoms with Crippen LogP contribution in [0.15, 0.2) is 12.1 Å². The zero-order valence-electron chi connectivity index (χ0n) is 16.9. The Morgan fingerprint density at radius 3 is 2.00 bits per heavy atom. The van der Waals surface area contributed by atoms with E-state index < -0.39 is 0 Å². The van der Waals surface area contributed by atoms with Gasteiger partial charge in [-0.05, 0) is 56.7 Å². The third-order valence-corrected chi connectivity index (χ3v) is 6.40. The Morgan fingerprint density at radius 1 is 0.926 bits per heavy atom. The summed E-state index contributed by atoms with van der Waals surface area (Å²) in [7, 11) is 0. The van der Waals surface area contributed by atoms with Crippen LogP contribution in [0.25, 0.3) is 0 Å². The van der Waals surface area contributed by atoms with E-state index in [9.17, 15) is 0 Å². The fourth-order valence-corrected chi connectivity index (χ4v) is 4.25. The second-order valence-electron chi connectivity index (χ2n) is 7.92. The van der Waals surface area contributed by atoms with Crippen molar-refractivity contribution in [2.45, 2.75) is 51.6 Å². The average molecular weight is 394 g/mol. The fourth-order valence-electron chi connectivity index (χ4n) is 4.05. The second-order valence-corrected chi connectivity index (χ2v) is 8.30. The number of ether oxygens (including phenoxy) is 2. The van der Waals surface area contributed by atoms with E-state index in [1.165, 1.54) is 17.5 Å². The number of hydrogen-bond acceptors (Lipinski definition) is 4. The summed E-state index contributed by atoms with van der Waals surface area (Å²) in [5.74, 6) is 0. The second kappa shape index (κ2) is 10.8. The summed E-state index contributed by atoms with van der Waals surface area (Å²) >= 11 is 6.44. The first kappa shape index (κ1) is 21.1. The Balaban J connectivity index is 1.49. The van der Waals surface area contributed by atoms with Gasteiger partial charge < -0.3 is 9.47 Å². The molecule has 2 saturated heterocycles. The first-order chi connectivity index (χ1) is 13.1. The molecular weight excluding hydrogens is 360 g/mol. The summed E-state index contributed by atoms with van der Waals surface area (Å²) in [6.45, 7) is 12.3. The minimum atomic E-state index is 0.565. The number of halogens is 1. The van der Waals surface area contributed by atoms with Gasteiger partial charge in [0.05, 0.1) is 31.5 Å². The van der Waals surface area contributed by atoms with Crippen LogP contribution in [0.2, 0.25) is 5.02 Å². The summed E-state index contributed by atoms with van der Waals surface area (Å²) in [6, 6.07) is 8.81. The molecule has 1 radical (unpaired) electrons. The fraction of sp³-hybridized carbons (Fsp3) is 0.727. The van der Waals surface area contributed by atoms with E-state index in [0.717, 1.165) is 76.9 Å². The van der Waals surface area contributed by atoms with Crippen LogP contribution < -0.4 is 0 Å². The van der Waals surface area contributed by atoms with Crippen molar-refractivity contribution in [3.8, 4) is 0 Å². The molecule has 5 heteroatoms. The Morgan fingerprint density at radius 2 is 1.44 bits per heavy atom. The molecule has 0 bridgehead atoms. The number of hydrogen-bond donors (Lipinski definition) is 0. The summed E-state index contributed by atoms with van der Waals surface area (Å²) in [5, 5.41) is 0.786.